The predicted octanol–water partition coefficient (Wildman–Crippen LogP) is 3.12. The van der Waals surface area contributed by atoms with Crippen molar-refractivity contribution in [2.45, 2.75) is 57.9 Å². The average Bonchev–Trinajstić information content (AvgIpc) is 2.91. The number of allylic oxidation sites excluding steroid dienone is 1. The number of fused-ring (bicyclic) bond motifs is 1. The maximum Gasteiger partial charge on any atom is 0.339 e. The van der Waals surface area contributed by atoms with Gasteiger partial charge in [-0.1, -0.05) is 25.1 Å². The molecule has 2 atom stereocenters. The zero-order valence-corrected chi connectivity index (χ0v) is 17.8. The Morgan fingerprint density at radius 2 is 2.13 bits per heavy atom. The number of nitriles is 1. The Morgan fingerprint density at radius 1 is 1.43 bits per heavy atom. The minimum absolute atomic E-state index is 0.0198. The summed E-state index contributed by atoms with van der Waals surface area (Å²) in [6.45, 7) is 9.50. The van der Waals surface area contributed by atoms with Crippen molar-refractivity contribution in [2.24, 2.45) is 5.73 Å². The van der Waals surface area contributed by atoms with Crippen molar-refractivity contribution in [3.63, 3.8) is 0 Å². The van der Waals surface area contributed by atoms with Crippen LogP contribution in [0.2, 0.25) is 0 Å². The van der Waals surface area contributed by atoms with Crippen LogP contribution in [0, 0.1) is 11.3 Å². The number of ether oxygens (including phenoxy) is 2. The minimum atomic E-state index is -1.68. The van der Waals surface area contributed by atoms with Gasteiger partial charge in [0.15, 0.2) is 5.41 Å². The van der Waals surface area contributed by atoms with Crippen LogP contribution in [0.1, 0.15) is 58.1 Å². The Kier molecular flexibility index (Phi) is 4.25. The summed E-state index contributed by atoms with van der Waals surface area (Å²) in [7, 11) is 0. The molecule has 2 N–H and O–H groups in total. The lowest BCUT2D eigenvalue weighted by molar-refractivity contribution is -0.141. The molecule has 0 radical (unpaired) electrons. The van der Waals surface area contributed by atoms with E-state index in [0.717, 1.165) is 17.7 Å². The molecule has 156 valence electrons. The number of carbonyl (C=O) groups excluding carboxylic acids is 2. The highest BCUT2D eigenvalue weighted by molar-refractivity contribution is 6.20. The largest absolute Gasteiger partial charge is 0.462 e. The van der Waals surface area contributed by atoms with Gasteiger partial charge in [-0.05, 0) is 45.6 Å². The van der Waals surface area contributed by atoms with Gasteiger partial charge in [0.2, 0.25) is 11.8 Å². The Labute approximate surface area is 175 Å². The topological polar surface area (TPSA) is 106 Å². The summed E-state index contributed by atoms with van der Waals surface area (Å²) in [4.78, 5) is 29.1. The summed E-state index contributed by atoms with van der Waals surface area (Å²) >= 11 is 0. The van der Waals surface area contributed by atoms with Gasteiger partial charge in [-0.2, -0.15) is 5.26 Å². The highest BCUT2D eigenvalue weighted by Gasteiger charge is 2.65. The van der Waals surface area contributed by atoms with Crippen molar-refractivity contribution in [3.8, 4) is 6.07 Å². The predicted molar refractivity (Wildman–Crippen MR) is 110 cm³/mol. The molecular weight excluding hydrogens is 382 g/mol. The number of rotatable bonds is 2. The van der Waals surface area contributed by atoms with E-state index in [0.29, 0.717) is 5.56 Å². The molecule has 1 amide bonds. The average molecular weight is 407 g/mol. The third-order valence-electron chi connectivity index (χ3n) is 6.36. The molecule has 0 unspecified atom stereocenters. The van der Waals surface area contributed by atoms with E-state index in [2.05, 4.69) is 13.0 Å². The van der Waals surface area contributed by atoms with Gasteiger partial charge in [0.25, 0.3) is 0 Å². The number of carbonyl (C=O) groups is 2. The lowest BCUT2D eigenvalue weighted by Gasteiger charge is -2.44. The summed E-state index contributed by atoms with van der Waals surface area (Å²) in [5, 5.41) is 10.1. The molecule has 0 saturated heterocycles. The van der Waals surface area contributed by atoms with Crippen LogP contribution in [-0.4, -0.2) is 24.0 Å². The van der Waals surface area contributed by atoms with Crippen LogP contribution in [0.4, 0.5) is 5.69 Å². The number of para-hydroxylation sites is 1. The van der Waals surface area contributed by atoms with Gasteiger partial charge in [-0.3, -0.25) is 4.79 Å². The fraction of sp³-hybridized carbons (Fsp3) is 0.435. The van der Waals surface area contributed by atoms with Crippen LogP contribution in [-0.2, 0) is 24.5 Å². The first-order chi connectivity index (χ1) is 14.1. The Bertz CT molecular complexity index is 1090. The van der Waals surface area contributed by atoms with Gasteiger partial charge in [-0.15, -0.1) is 0 Å². The standard InChI is InChI=1S/C23H25N3O4/c1-6-29-20(27)17-13(3)30-19(25)16(11-24)23(17)15-9-7-8-14-12(2)10-22(4,5)26(18(14)15)21(23)28/h7-9,12H,6,10,25H2,1-5H3/t12-,23-/m1/s1. The number of amides is 1. The van der Waals surface area contributed by atoms with E-state index in [1.54, 1.807) is 24.8 Å². The molecule has 0 bridgehead atoms. The van der Waals surface area contributed by atoms with Gasteiger partial charge < -0.3 is 20.1 Å². The maximum atomic E-state index is 14.2. The molecule has 3 aliphatic rings. The molecule has 3 heterocycles. The van der Waals surface area contributed by atoms with E-state index < -0.39 is 16.9 Å². The summed E-state index contributed by atoms with van der Waals surface area (Å²) < 4.78 is 10.8. The smallest absolute Gasteiger partial charge is 0.339 e. The van der Waals surface area contributed by atoms with Gasteiger partial charge >= 0.3 is 5.97 Å². The van der Waals surface area contributed by atoms with E-state index in [-0.39, 0.29) is 41.2 Å². The zero-order valence-electron chi connectivity index (χ0n) is 17.8. The number of benzene rings is 1. The fourth-order valence-electron chi connectivity index (χ4n) is 5.39. The van der Waals surface area contributed by atoms with Gasteiger partial charge in [0.1, 0.15) is 23.0 Å². The number of esters is 1. The summed E-state index contributed by atoms with van der Waals surface area (Å²) in [5.41, 5.74) is 6.20. The molecule has 7 nitrogen and oxygen atoms in total. The van der Waals surface area contributed by atoms with Crippen LogP contribution in [0.25, 0.3) is 0 Å². The first-order valence-corrected chi connectivity index (χ1v) is 10.1. The van der Waals surface area contributed by atoms with E-state index in [9.17, 15) is 14.9 Å². The third kappa shape index (κ3) is 2.25. The van der Waals surface area contributed by atoms with Crippen molar-refractivity contribution in [1.29, 1.82) is 5.26 Å². The van der Waals surface area contributed by atoms with E-state index >= 15 is 0 Å². The second kappa shape index (κ2) is 6.36. The molecular formula is C23H25N3O4. The first-order valence-electron chi connectivity index (χ1n) is 10.1. The SMILES string of the molecule is CCOC(=O)C1=C(C)OC(N)=C(C#N)[C@@]12C(=O)N1c3c(cccc32)[C@H](C)CC1(C)C. The number of hydrogen-bond acceptors (Lipinski definition) is 6. The lowest BCUT2D eigenvalue weighted by Crippen LogP contribution is -2.55. The number of hydrogen-bond donors (Lipinski definition) is 1. The van der Waals surface area contributed by atoms with Crippen LogP contribution in [0.5, 0.6) is 0 Å². The molecule has 7 heteroatoms. The number of nitrogens with zero attached hydrogens (tertiary/aromatic N) is 2. The Hall–Kier alpha value is -3.27. The molecule has 30 heavy (non-hydrogen) atoms. The number of anilines is 1. The highest BCUT2D eigenvalue weighted by atomic mass is 16.5. The molecule has 0 fully saturated rings. The van der Waals surface area contributed by atoms with Gasteiger partial charge in [0.05, 0.1) is 12.3 Å². The van der Waals surface area contributed by atoms with Crippen LogP contribution >= 0.6 is 0 Å². The van der Waals surface area contributed by atoms with Crippen molar-refractivity contribution in [1.82, 2.24) is 0 Å². The monoisotopic (exact) mass is 407 g/mol. The molecule has 4 rings (SSSR count). The fourth-order valence-corrected chi connectivity index (χ4v) is 5.39. The Balaban J connectivity index is 2.15. The van der Waals surface area contributed by atoms with Crippen LogP contribution in [0.15, 0.2) is 41.0 Å². The quantitative estimate of drug-likeness (QED) is 0.755. The van der Waals surface area contributed by atoms with Crippen molar-refractivity contribution in [2.75, 3.05) is 11.5 Å². The number of nitrogens with two attached hydrogens (primary N) is 1. The molecule has 3 aliphatic heterocycles. The second-order valence-corrected chi connectivity index (χ2v) is 8.66. The minimum Gasteiger partial charge on any atom is -0.462 e. The van der Waals surface area contributed by atoms with Crippen molar-refractivity contribution >= 4 is 17.6 Å². The molecule has 1 aromatic carbocycles. The van der Waals surface area contributed by atoms with E-state index in [1.807, 2.05) is 26.0 Å². The molecule has 0 aliphatic carbocycles. The first kappa shape index (κ1) is 20.0. The van der Waals surface area contributed by atoms with E-state index in [4.69, 9.17) is 15.2 Å². The summed E-state index contributed by atoms with van der Waals surface area (Å²) in [5.74, 6) is -0.850. The third-order valence-corrected chi connectivity index (χ3v) is 6.36. The molecule has 1 aromatic rings. The van der Waals surface area contributed by atoms with Crippen LogP contribution < -0.4 is 10.6 Å². The molecule has 0 aromatic heterocycles. The molecule has 0 saturated carbocycles. The summed E-state index contributed by atoms with van der Waals surface area (Å²) in [6, 6.07) is 7.73. The van der Waals surface area contributed by atoms with Gasteiger partial charge in [-0.25, -0.2) is 4.79 Å². The zero-order chi connectivity index (χ0) is 22.0. The highest BCUT2D eigenvalue weighted by Crippen LogP contribution is 2.59. The normalized spacial score (nSPS) is 26.5. The second-order valence-electron chi connectivity index (χ2n) is 8.66. The Morgan fingerprint density at radius 3 is 2.77 bits per heavy atom. The lowest BCUT2D eigenvalue weighted by atomic mass is 9.68. The van der Waals surface area contributed by atoms with Crippen molar-refractivity contribution in [3.05, 3.63) is 52.1 Å². The van der Waals surface area contributed by atoms with Gasteiger partial charge in [0, 0.05) is 11.1 Å². The van der Waals surface area contributed by atoms with Crippen LogP contribution in [0.3, 0.4) is 0 Å². The van der Waals surface area contributed by atoms with Crippen molar-refractivity contribution < 1.29 is 19.1 Å². The maximum absolute atomic E-state index is 14.2. The summed E-state index contributed by atoms with van der Waals surface area (Å²) in [6.07, 6.45) is 0.750. The van der Waals surface area contributed by atoms with E-state index in [1.165, 1.54) is 0 Å². The molecule has 1 spiro atoms.